The van der Waals surface area contributed by atoms with Crippen LogP contribution >= 0.6 is 0 Å². The van der Waals surface area contributed by atoms with Crippen molar-refractivity contribution in [2.75, 3.05) is 45.9 Å². The summed E-state index contributed by atoms with van der Waals surface area (Å²) < 4.78 is 0. The highest BCUT2D eigenvalue weighted by molar-refractivity contribution is 4.70. The topological polar surface area (TPSA) is 74.1 Å². The summed E-state index contributed by atoms with van der Waals surface area (Å²) in [7, 11) is 0. The zero-order valence-electron chi connectivity index (χ0n) is 8.81. The maximum absolute atomic E-state index is 5.64. The highest BCUT2D eigenvalue weighted by atomic mass is 15.1. The Kier molecular flexibility index (Phi) is 6.90. The van der Waals surface area contributed by atoms with Gasteiger partial charge in [-0.05, 0) is 19.5 Å². The minimum absolute atomic E-state index is 0.377. The Balaban J connectivity index is 2.17. The first-order valence-corrected chi connectivity index (χ1v) is 5.49. The van der Waals surface area contributed by atoms with E-state index in [1.807, 2.05) is 0 Å². The van der Waals surface area contributed by atoms with E-state index in [-0.39, 0.29) is 0 Å². The van der Waals surface area contributed by atoms with Gasteiger partial charge in [0.15, 0.2) is 0 Å². The van der Waals surface area contributed by atoms with Crippen LogP contribution in [-0.4, -0.2) is 52.0 Å². The first-order chi connectivity index (χ1) is 6.93. The van der Waals surface area contributed by atoms with Crippen molar-refractivity contribution in [1.82, 2.24) is 21.3 Å². The fourth-order valence-electron chi connectivity index (χ4n) is 1.46. The summed E-state index contributed by atoms with van der Waals surface area (Å²) in [5.41, 5.74) is 5.64. The van der Waals surface area contributed by atoms with Crippen LogP contribution < -0.4 is 27.0 Å². The van der Waals surface area contributed by atoms with Crippen LogP contribution in [0, 0.1) is 0 Å². The molecule has 0 aliphatic carbocycles. The summed E-state index contributed by atoms with van der Waals surface area (Å²) in [6.45, 7) is 6.69. The van der Waals surface area contributed by atoms with Gasteiger partial charge in [0.25, 0.3) is 0 Å². The third-order valence-electron chi connectivity index (χ3n) is 2.38. The molecule has 14 heavy (non-hydrogen) atoms. The van der Waals surface area contributed by atoms with Crippen LogP contribution in [0.4, 0.5) is 0 Å². The van der Waals surface area contributed by atoms with Crippen molar-refractivity contribution in [1.29, 1.82) is 0 Å². The third-order valence-corrected chi connectivity index (χ3v) is 2.38. The summed E-state index contributed by atoms with van der Waals surface area (Å²) in [6.07, 6.45) is 1.18. The Labute approximate surface area is 86.2 Å². The predicted octanol–water partition coefficient (Wildman–Crippen LogP) is -1.97. The third kappa shape index (κ3) is 5.51. The van der Waals surface area contributed by atoms with Gasteiger partial charge < -0.3 is 21.7 Å². The molecule has 0 aromatic carbocycles. The minimum Gasteiger partial charge on any atom is -0.329 e. The minimum atomic E-state index is 0.377. The van der Waals surface area contributed by atoms with Crippen molar-refractivity contribution in [2.24, 2.45) is 5.73 Å². The van der Waals surface area contributed by atoms with E-state index in [0.717, 1.165) is 39.4 Å². The molecule has 0 saturated carbocycles. The Hall–Kier alpha value is -0.200. The van der Waals surface area contributed by atoms with E-state index >= 15 is 0 Å². The molecular weight excluding hydrogens is 178 g/mol. The van der Waals surface area contributed by atoms with E-state index in [0.29, 0.717) is 12.6 Å². The maximum atomic E-state index is 5.64. The average Bonchev–Trinajstić information content (AvgIpc) is 2.19. The highest BCUT2D eigenvalue weighted by Gasteiger charge is 2.04. The molecule has 0 amide bonds. The van der Waals surface area contributed by atoms with Gasteiger partial charge in [-0.25, -0.2) is 0 Å². The molecule has 6 N–H and O–H groups in total. The molecule has 1 unspecified atom stereocenters. The first kappa shape index (κ1) is 11.9. The van der Waals surface area contributed by atoms with Gasteiger partial charge in [-0.2, -0.15) is 0 Å². The van der Waals surface area contributed by atoms with E-state index in [4.69, 9.17) is 5.73 Å². The molecule has 0 spiro atoms. The van der Waals surface area contributed by atoms with Crippen LogP contribution in [0.1, 0.15) is 6.42 Å². The van der Waals surface area contributed by atoms with E-state index in [9.17, 15) is 0 Å². The van der Waals surface area contributed by atoms with Gasteiger partial charge in [0, 0.05) is 38.9 Å². The number of hydrogen-bond acceptors (Lipinski definition) is 5. The second kappa shape index (κ2) is 8.14. The summed E-state index contributed by atoms with van der Waals surface area (Å²) in [4.78, 5) is 0. The smallest absolute Gasteiger partial charge is 0.0457 e. The molecule has 1 fully saturated rings. The van der Waals surface area contributed by atoms with Crippen molar-refractivity contribution in [2.45, 2.75) is 12.5 Å². The van der Waals surface area contributed by atoms with E-state index in [2.05, 4.69) is 21.3 Å². The molecule has 1 saturated heterocycles. The summed E-state index contributed by atoms with van der Waals surface area (Å²) in [5, 5.41) is 13.5. The molecule has 0 bridgehead atoms. The Morgan fingerprint density at radius 3 is 2.64 bits per heavy atom. The predicted molar refractivity (Wildman–Crippen MR) is 59.2 cm³/mol. The van der Waals surface area contributed by atoms with Crippen molar-refractivity contribution < 1.29 is 0 Å². The van der Waals surface area contributed by atoms with Gasteiger partial charge >= 0.3 is 0 Å². The second-order valence-corrected chi connectivity index (χ2v) is 3.62. The largest absolute Gasteiger partial charge is 0.329 e. The Morgan fingerprint density at radius 2 is 1.79 bits per heavy atom. The van der Waals surface area contributed by atoms with Crippen molar-refractivity contribution >= 4 is 0 Å². The lowest BCUT2D eigenvalue weighted by Gasteiger charge is -2.19. The second-order valence-electron chi connectivity index (χ2n) is 3.62. The van der Waals surface area contributed by atoms with Crippen molar-refractivity contribution in [3.05, 3.63) is 0 Å². The molecule has 1 aliphatic rings. The molecule has 1 aliphatic heterocycles. The average molecular weight is 201 g/mol. The highest BCUT2D eigenvalue weighted by Crippen LogP contribution is 1.79. The molecule has 5 heteroatoms. The normalized spacial score (nSPS) is 27.6. The molecule has 1 atom stereocenters. The maximum Gasteiger partial charge on any atom is 0.0457 e. The summed E-state index contributed by atoms with van der Waals surface area (Å²) in [6, 6.07) is 0.377. The van der Waals surface area contributed by atoms with E-state index in [1.54, 1.807) is 0 Å². The Bertz CT molecular complexity index is 118. The van der Waals surface area contributed by atoms with Gasteiger partial charge in [-0.15, -0.1) is 0 Å². The molecule has 0 radical (unpaired) electrons. The fraction of sp³-hybridized carbons (Fsp3) is 1.00. The van der Waals surface area contributed by atoms with Crippen LogP contribution in [0.3, 0.4) is 0 Å². The van der Waals surface area contributed by atoms with E-state index < -0.39 is 0 Å². The van der Waals surface area contributed by atoms with Crippen LogP contribution in [0.5, 0.6) is 0 Å². The zero-order chi connectivity index (χ0) is 10.1. The molecule has 84 valence electrons. The summed E-state index contributed by atoms with van der Waals surface area (Å²) in [5.74, 6) is 0. The Morgan fingerprint density at radius 1 is 1.00 bits per heavy atom. The van der Waals surface area contributed by atoms with Gasteiger partial charge in [0.1, 0.15) is 0 Å². The molecular formula is C9H23N5. The zero-order valence-corrected chi connectivity index (χ0v) is 8.81. The van der Waals surface area contributed by atoms with Gasteiger partial charge in [0.2, 0.25) is 0 Å². The lowest BCUT2D eigenvalue weighted by molar-refractivity contribution is 0.439. The van der Waals surface area contributed by atoms with Gasteiger partial charge in [-0.3, -0.25) is 5.32 Å². The number of nitrogens with one attached hydrogen (secondary N) is 4. The van der Waals surface area contributed by atoms with Crippen LogP contribution in [-0.2, 0) is 0 Å². The molecule has 1 rings (SSSR count). The lowest BCUT2D eigenvalue weighted by Crippen LogP contribution is -2.48. The van der Waals surface area contributed by atoms with Crippen LogP contribution in [0.15, 0.2) is 0 Å². The van der Waals surface area contributed by atoms with Gasteiger partial charge in [0.05, 0.1) is 0 Å². The number of nitrogens with two attached hydrogens (primary N) is 1. The van der Waals surface area contributed by atoms with Crippen molar-refractivity contribution in [3.8, 4) is 0 Å². The van der Waals surface area contributed by atoms with Crippen molar-refractivity contribution in [3.63, 3.8) is 0 Å². The number of rotatable bonds is 1. The molecule has 1 heterocycles. The van der Waals surface area contributed by atoms with E-state index in [1.165, 1.54) is 6.42 Å². The van der Waals surface area contributed by atoms with Crippen LogP contribution in [0.25, 0.3) is 0 Å². The molecule has 5 nitrogen and oxygen atoms in total. The fourth-order valence-corrected chi connectivity index (χ4v) is 1.46. The monoisotopic (exact) mass is 201 g/mol. The summed E-state index contributed by atoms with van der Waals surface area (Å²) >= 11 is 0. The number of hydrogen-bond donors (Lipinski definition) is 5. The molecule has 0 aromatic rings. The van der Waals surface area contributed by atoms with Crippen LogP contribution in [0.2, 0.25) is 0 Å². The lowest BCUT2D eigenvalue weighted by atomic mass is 10.3. The SMILES string of the molecule is NCC1CNCCNCCCNCN1. The molecule has 0 aromatic heterocycles. The first-order valence-electron chi connectivity index (χ1n) is 5.49. The van der Waals surface area contributed by atoms with Gasteiger partial charge in [-0.1, -0.05) is 0 Å². The standard InChI is InChI=1S/C9H23N5/c10-6-9-7-12-5-4-11-2-1-3-13-8-14-9/h9,11-14H,1-8,10H2. The quantitative estimate of drug-likeness (QED) is 0.340.